The average Bonchev–Trinajstić information content (AvgIpc) is 2.29. The zero-order valence-electron chi connectivity index (χ0n) is 11.3. The molecule has 0 radical (unpaired) electrons. The van der Waals surface area contributed by atoms with Crippen LogP contribution in [0.25, 0.3) is 0 Å². The molecule has 1 atom stereocenters. The fourth-order valence-electron chi connectivity index (χ4n) is 1.35. The molecule has 5 N–H and O–H groups in total. The van der Waals surface area contributed by atoms with Crippen molar-refractivity contribution in [3.8, 4) is 0 Å². The molecule has 110 valence electrons. The summed E-state index contributed by atoms with van der Waals surface area (Å²) in [6, 6.07) is -1.67. The number of carboxylic acid groups (broad SMARTS) is 1. The summed E-state index contributed by atoms with van der Waals surface area (Å²) in [6.07, 6.45) is 0.660. The van der Waals surface area contributed by atoms with Crippen molar-refractivity contribution in [1.29, 1.82) is 0 Å². The molecular weight excluding hydrogens is 252 g/mol. The molecule has 0 aliphatic heterocycles. The highest BCUT2D eigenvalue weighted by Gasteiger charge is 2.20. The molecule has 8 nitrogen and oxygen atoms in total. The monoisotopic (exact) mass is 274 g/mol. The molecule has 0 aromatic heterocycles. The molecular formula is C11H22N4O4. The summed E-state index contributed by atoms with van der Waals surface area (Å²) in [5.41, 5.74) is 4.93. The number of amides is 3. The lowest BCUT2D eigenvalue weighted by Gasteiger charge is -2.15. The van der Waals surface area contributed by atoms with Gasteiger partial charge < -0.3 is 26.4 Å². The zero-order valence-corrected chi connectivity index (χ0v) is 11.3. The number of aliphatic carboxylic acids is 1. The van der Waals surface area contributed by atoms with Crippen molar-refractivity contribution in [3.05, 3.63) is 0 Å². The smallest absolute Gasteiger partial charge is 0.326 e. The van der Waals surface area contributed by atoms with Gasteiger partial charge in [0, 0.05) is 13.0 Å². The highest BCUT2D eigenvalue weighted by Crippen LogP contribution is 1.97. The van der Waals surface area contributed by atoms with Gasteiger partial charge in [-0.15, -0.1) is 0 Å². The minimum absolute atomic E-state index is 0.0181. The van der Waals surface area contributed by atoms with Crippen LogP contribution in [0, 0.1) is 0 Å². The van der Waals surface area contributed by atoms with Crippen LogP contribution in [0.15, 0.2) is 0 Å². The Morgan fingerprint density at radius 3 is 2.42 bits per heavy atom. The van der Waals surface area contributed by atoms with E-state index in [1.807, 2.05) is 19.0 Å². The van der Waals surface area contributed by atoms with Gasteiger partial charge >= 0.3 is 12.0 Å². The highest BCUT2D eigenvalue weighted by atomic mass is 16.4. The van der Waals surface area contributed by atoms with Gasteiger partial charge in [-0.25, -0.2) is 9.59 Å². The number of nitrogens with zero attached hydrogens (tertiary/aromatic N) is 1. The summed E-state index contributed by atoms with van der Waals surface area (Å²) < 4.78 is 0. The van der Waals surface area contributed by atoms with E-state index in [0.29, 0.717) is 6.54 Å². The van der Waals surface area contributed by atoms with Crippen LogP contribution in [0.2, 0.25) is 0 Å². The molecule has 3 amide bonds. The van der Waals surface area contributed by atoms with Crippen LogP contribution in [-0.4, -0.2) is 61.1 Å². The second-order valence-corrected chi connectivity index (χ2v) is 4.45. The molecule has 0 aliphatic carbocycles. The van der Waals surface area contributed by atoms with Gasteiger partial charge in [0.1, 0.15) is 6.04 Å². The van der Waals surface area contributed by atoms with Crippen LogP contribution in [0.1, 0.15) is 19.3 Å². The Kier molecular flexibility index (Phi) is 8.27. The van der Waals surface area contributed by atoms with Gasteiger partial charge in [0.25, 0.3) is 0 Å². The summed E-state index contributed by atoms with van der Waals surface area (Å²) in [5.74, 6) is -1.79. The Labute approximate surface area is 112 Å². The van der Waals surface area contributed by atoms with E-state index < -0.39 is 23.9 Å². The van der Waals surface area contributed by atoms with Crippen molar-refractivity contribution in [1.82, 2.24) is 15.5 Å². The summed E-state index contributed by atoms with van der Waals surface area (Å²) in [6.45, 7) is 1.27. The van der Waals surface area contributed by atoms with Crippen molar-refractivity contribution in [2.75, 3.05) is 27.2 Å². The Morgan fingerprint density at radius 1 is 1.32 bits per heavy atom. The van der Waals surface area contributed by atoms with Gasteiger partial charge in [0.2, 0.25) is 5.91 Å². The van der Waals surface area contributed by atoms with Crippen molar-refractivity contribution >= 4 is 17.9 Å². The lowest BCUT2D eigenvalue weighted by atomic mass is 10.1. The first kappa shape index (κ1) is 17.2. The number of nitrogens with two attached hydrogens (primary N) is 1. The molecule has 0 unspecified atom stereocenters. The van der Waals surface area contributed by atoms with E-state index in [-0.39, 0.29) is 12.8 Å². The number of nitrogens with one attached hydrogen (secondary N) is 2. The number of hydrogen-bond donors (Lipinski definition) is 4. The molecule has 0 aromatic carbocycles. The van der Waals surface area contributed by atoms with E-state index in [1.54, 1.807) is 0 Å². The third kappa shape index (κ3) is 9.83. The largest absolute Gasteiger partial charge is 0.480 e. The van der Waals surface area contributed by atoms with Gasteiger partial charge in [-0.1, -0.05) is 0 Å². The van der Waals surface area contributed by atoms with Crippen LogP contribution < -0.4 is 16.4 Å². The van der Waals surface area contributed by atoms with Crippen LogP contribution in [0.5, 0.6) is 0 Å². The number of carbonyl (C=O) groups excluding carboxylic acids is 2. The van der Waals surface area contributed by atoms with Crippen LogP contribution in [-0.2, 0) is 9.59 Å². The maximum atomic E-state index is 11.4. The van der Waals surface area contributed by atoms with Gasteiger partial charge in [-0.2, -0.15) is 0 Å². The molecule has 0 rings (SSSR count). The molecule has 0 aromatic rings. The van der Waals surface area contributed by atoms with Gasteiger partial charge in [0.15, 0.2) is 0 Å². The standard InChI is InChI=1S/C11H22N4O4/c1-15(2)7-3-6-13-11(19)14-8(10(17)18)4-5-9(12)16/h8H,3-7H2,1-2H3,(H2,12,16)(H,17,18)(H2,13,14,19)/t8-/m0/s1. The fourth-order valence-corrected chi connectivity index (χ4v) is 1.35. The van der Waals surface area contributed by atoms with Crippen molar-refractivity contribution in [2.45, 2.75) is 25.3 Å². The maximum Gasteiger partial charge on any atom is 0.326 e. The van der Waals surface area contributed by atoms with E-state index >= 15 is 0 Å². The molecule has 0 saturated heterocycles. The van der Waals surface area contributed by atoms with E-state index in [1.165, 1.54) is 0 Å². The minimum Gasteiger partial charge on any atom is -0.480 e. The first-order valence-corrected chi connectivity index (χ1v) is 6.03. The number of carboxylic acids is 1. The SMILES string of the molecule is CN(C)CCCNC(=O)N[C@@H](CCC(N)=O)C(=O)O. The zero-order chi connectivity index (χ0) is 14.8. The fraction of sp³-hybridized carbons (Fsp3) is 0.727. The molecule has 8 heteroatoms. The topological polar surface area (TPSA) is 125 Å². The van der Waals surface area contributed by atoms with Crippen LogP contribution in [0.4, 0.5) is 4.79 Å². The number of rotatable bonds is 9. The van der Waals surface area contributed by atoms with Gasteiger partial charge in [-0.05, 0) is 33.5 Å². The number of primary amides is 1. The second kappa shape index (κ2) is 9.15. The van der Waals surface area contributed by atoms with Crippen molar-refractivity contribution in [3.63, 3.8) is 0 Å². The van der Waals surface area contributed by atoms with Crippen molar-refractivity contribution < 1.29 is 19.5 Å². The molecule has 0 fully saturated rings. The third-order valence-corrected chi connectivity index (χ3v) is 2.35. The Morgan fingerprint density at radius 2 is 1.95 bits per heavy atom. The summed E-state index contributed by atoms with van der Waals surface area (Å²) in [5, 5.41) is 13.7. The maximum absolute atomic E-state index is 11.4. The molecule has 0 spiro atoms. The molecule has 0 bridgehead atoms. The first-order chi connectivity index (χ1) is 8.82. The summed E-state index contributed by atoms with van der Waals surface area (Å²) in [7, 11) is 3.84. The summed E-state index contributed by atoms with van der Waals surface area (Å²) in [4.78, 5) is 34.9. The van der Waals surface area contributed by atoms with E-state index in [0.717, 1.165) is 13.0 Å². The number of hydrogen-bond acceptors (Lipinski definition) is 4. The second-order valence-electron chi connectivity index (χ2n) is 4.45. The molecule has 0 saturated carbocycles. The number of urea groups is 1. The summed E-state index contributed by atoms with van der Waals surface area (Å²) >= 11 is 0. The lowest BCUT2D eigenvalue weighted by molar-refractivity contribution is -0.139. The molecule has 0 aliphatic rings. The quantitative estimate of drug-likeness (QED) is 0.399. The van der Waals surface area contributed by atoms with E-state index in [2.05, 4.69) is 10.6 Å². The van der Waals surface area contributed by atoms with E-state index in [9.17, 15) is 14.4 Å². The highest BCUT2D eigenvalue weighted by molar-refractivity contribution is 5.83. The molecule has 0 heterocycles. The van der Waals surface area contributed by atoms with Crippen LogP contribution >= 0.6 is 0 Å². The Bertz CT molecular complexity index is 320. The molecule has 19 heavy (non-hydrogen) atoms. The average molecular weight is 274 g/mol. The predicted octanol–water partition coefficient (Wildman–Crippen LogP) is -1.04. The van der Waals surface area contributed by atoms with Crippen molar-refractivity contribution in [2.24, 2.45) is 5.73 Å². The van der Waals surface area contributed by atoms with Crippen LogP contribution in [0.3, 0.4) is 0 Å². The number of carbonyl (C=O) groups is 3. The Balaban J connectivity index is 3.96. The van der Waals surface area contributed by atoms with Gasteiger partial charge in [-0.3, -0.25) is 4.79 Å². The Hall–Kier alpha value is -1.83. The first-order valence-electron chi connectivity index (χ1n) is 6.03. The van der Waals surface area contributed by atoms with Gasteiger partial charge in [0.05, 0.1) is 0 Å². The normalized spacial score (nSPS) is 11.9. The third-order valence-electron chi connectivity index (χ3n) is 2.35. The van der Waals surface area contributed by atoms with E-state index in [4.69, 9.17) is 10.8 Å². The predicted molar refractivity (Wildman–Crippen MR) is 69.6 cm³/mol. The minimum atomic E-state index is -1.19. The lowest BCUT2D eigenvalue weighted by Crippen LogP contribution is -2.46.